The number of hydrogen-bond acceptors (Lipinski definition) is 7. The molecular weight excluding hydrogens is 428 g/mol. The summed E-state index contributed by atoms with van der Waals surface area (Å²) < 4.78 is 1.63. The van der Waals surface area contributed by atoms with Gasteiger partial charge in [0, 0.05) is 17.5 Å². The third kappa shape index (κ3) is 4.45. The van der Waals surface area contributed by atoms with Crippen LogP contribution >= 0.6 is 11.8 Å². The van der Waals surface area contributed by atoms with Crippen LogP contribution in [0.15, 0.2) is 59.8 Å². The molecule has 32 heavy (non-hydrogen) atoms. The van der Waals surface area contributed by atoms with E-state index in [9.17, 15) is 14.9 Å². The number of fused-ring (bicyclic) bond motifs is 1. The van der Waals surface area contributed by atoms with Crippen LogP contribution < -0.4 is 5.32 Å². The average molecular weight is 449 g/mol. The van der Waals surface area contributed by atoms with E-state index in [0.29, 0.717) is 10.9 Å². The van der Waals surface area contributed by atoms with Crippen LogP contribution in [0.25, 0.3) is 5.78 Å². The highest BCUT2D eigenvalue weighted by Gasteiger charge is 2.27. The van der Waals surface area contributed by atoms with E-state index in [2.05, 4.69) is 20.4 Å². The lowest BCUT2D eigenvalue weighted by Gasteiger charge is -2.15. The Morgan fingerprint density at radius 1 is 1.09 bits per heavy atom. The minimum Gasteiger partial charge on any atom is -0.319 e. The largest absolute Gasteiger partial charge is 0.319 e. The highest BCUT2D eigenvalue weighted by Crippen LogP contribution is 2.36. The standard InChI is InChI=1S/C22H20N6O3S/c1-13-9-10-17(18(11-13)28(30)31)24-20(29)19(16-7-5-4-6-8-16)32-22-25-21-23-14(2)12-15(3)27(21)26-22/h4-12,19H,1-3H3,(H,24,29). The van der Waals surface area contributed by atoms with Gasteiger partial charge in [-0.3, -0.25) is 14.9 Å². The Kier molecular flexibility index (Phi) is 5.87. The summed E-state index contributed by atoms with van der Waals surface area (Å²) in [7, 11) is 0. The monoisotopic (exact) mass is 448 g/mol. The van der Waals surface area contributed by atoms with Crippen LogP contribution in [0.1, 0.15) is 27.8 Å². The summed E-state index contributed by atoms with van der Waals surface area (Å²) in [6.45, 7) is 5.54. The van der Waals surface area contributed by atoms with Crippen LogP contribution in [-0.4, -0.2) is 30.4 Å². The molecule has 2 aromatic carbocycles. The van der Waals surface area contributed by atoms with E-state index in [-0.39, 0.29) is 11.4 Å². The molecule has 0 saturated carbocycles. The molecule has 10 heteroatoms. The molecule has 0 spiro atoms. The fourth-order valence-electron chi connectivity index (χ4n) is 3.30. The molecule has 0 aliphatic rings. The van der Waals surface area contributed by atoms with Gasteiger partial charge in [-0.25, -0.2) is 9.50 Å². The summed E-state index contributed by atoms with van der Waals surface area (Å²) in [5.41, 5.74) is 3.14. The summed E-state index contributed by atoms with van der Waals surface area (Å²) in [5.74, 6) is 0.0410. The van der Waals surface area contributed by atoms with Gasteiger partial charge in [0.05, 0.1) is 4.92 Å². The molecule has 2 heterocycles. The number of amides is 1. The van der Waals surface area contributed by atoms with Crippen molar-refractivity contribution in [3.8, 4) is 0 Å². The molecule has 2 aromatic heterocycles. The highest BCUT2D eigenvalue weighted by molar-refractivity contribution is 8.00. The summed E-state index contributed by atoms with van der Waals surface area (Å²) in [6.07, 6.45) is 0. The SMILES string of the molecule is Cc1ccc(NC(=O)C(Sc2nc3nc(C)cc(C)n3n2)c2ccccc2)c([N+](=O)[O-])c1. The first kappa shape index (κ1) is 21.4. The quantitative estimate of drug-likeness (QED) is 0.263. The van der Waals surface area contributed by atoms with E-state index in [1.165, 1.54) is 12.1 Å². The van der Waals surface area contributed by atoms with E-state index in [1.807, 2.05) is 50.2 Å². The molecule has 0 fully saturated rings. The Morgan fingerprint density at radius 3 is 2.56 bits per heavy atom. The number of nitro benzene ring substituents is 1. The van der Waals surface area contributed by atoms with Gasteiger partial charge < -0.3 is 5.32 Å². The number of benzene rings is 2. The molecule has 1 unspecified atom stereocenters. The third-order valence-corrected chi connectivity index (χ3v) is 5.88. The average Bonchev–Trinajstić information content (AvgIpc) is 3.16. The topological polar surface area (TPSA) is 115 Å². The van der Waals surface area contributed by atoms with E-state index in [4.69, 9.17) is 0 Å². The summed E-state index contributed by atoms with van der Waals surface area (Å²) in [5, 5.41) is 18.3. The molecule has 0 bridgehead atoms. The van der Waals surface area contributed by atoms with Gasteiger partial charge in [-0.2, -0.15) is 4.98 Å². The zero-order valence-corrected chi connectivity index (χ0v) is 18.5. The number of hydrogen-bond donors (Lipinski definition) is 1. The molecule has 0 aliphatic carbocycles. The molecule has 0 radical (unpaired) electrons. The van der Waals surface area contributed by atoms with Crippen LogP contribution in [0.5, 0.6) is 0 Å². The lowest BCUT2D eigenvalue weighted by atomic mass is 10.1. The summed E-state index contributed by atoms with van der Waals surface area (Å²) >= 11 is 1.16. The molecule has 1 amide bonds. The molecule has 1 N–H and O–H groups in total. The normalized spacial score (nSPS) is 12.0. The minimum atomic E-state index is -0.726. The maximum Gasteiger partial charge on any atom is 0.293 e. The van der Waals surface area contributed by atoms with Crippen molar-refractivity contribution in [3.63, 3.8) is 0 Å². The van der Waals surface area contributed by atoms with Gasteiger partial charge in [0.25, 0.3) is 11.5 Å². The van der Waals surface area contributed by atoms with E-state index >= 15 is 0 Å². The molecule has 162 valence electrons. The molecular formula is C22H20N6O3S. The second-order valence-corrected chi connectivity index (χ2v) is 8.39. The molecule has 9 nitrogen and oxygen atoms in total. The van der Waals surface area contributed by atoms with Crippen molar-refractivity contribution in [1.82, 2.24) is 19.6 Å². The summed E-state index contributed by atoms with van der Waals surface area (Å²) in [6, 6.07) is 15.7. The fourth-order valence-corrected chi connectivity index (χ4v) is 4.23. The van der Waals surface area contributed by atoms with Gasteiger partial charge in [-0.15, -0.1) is 5.10 Å². The van der Waals surface area contributed by atoms with Crippen LogP contribution in [0.2, 0.25) is 0 Å². The molecule has 0 aliphatic heterocycles. The number of anilines is 1. The Balaban J connectivity index is 1.69. The predicted octanol–water partition coefficient (Wildman–Crippen LogP) is 4.43. The third-order valence-electron chi connectivity index (χ3n) is 4.77. The number of nitrogens with zero attached hydrogens (tertiary/aromatic N) is 5. The van der Waals surface area contributed by atoms with E-state index in [1.54, 1.807) is 17.5 Å². The van der Waals surface area contributed by atoms with Gasteiger partial charge in [-0.1, -0.05) is 48.2 Å². The second-order valence-electron chi connectivity index (χ2n) is 7.32. The number of nitro groups is 1. The predicted molar refractivity (Wildman–Crippen MR) is 122 cm³/mol. The van der Waals surface area contributed by atoms with Crippen molar-refractivity contribution in [2.24, 2.45) is 0 Å². The minimum absolute atomic E-state index is 0.142. The zero-order chi connectivity index (χ0) is 22.8. The Hall–Kier alpha value is -3.79. The number of nitrogens with one attached hydrogen (secondary N) is 1. The van der Waals surface area contributed by atoms with Crippen molar-refractivity contribution >= 4 is 34.8 Å². The lowest BCUT2D eigenvalue weighted by Crippen LogP contribution is -2.20. The Morgan fingerprint density at radius 2 is 1.84 bits per heavy atom. The van der Waals surface area contributed by atoms with Crippen LogP contribution in [-0.2, 0) is 4.79 Å². The summed E-state index contributed by atoms with van der Waals surface area (Å²) in [4.78, 5) is 33.1. The van der Waals surface area contributed by atoms with Crippen molar-refractivity contribution in [3.05, 3.63) is 87.2 Å². The maximum absolute atomic E-state index is 13.3. The fraction of sp³-hybridized carbons (Fsp3) is 0.182. The number of aryl methyl sites for hydroxylation is 3. The van der Waals surface area contributed by atoms with Gasteiger partial charge in [0.2, 0.25) is 11.1 Å². The van der Waals surface area contributed by atoms with Gasteiger partial charge >= 0.3 is 0 Å². The Bertz CT molecular complexity index is 1320. The number of carbonyl (C=O) groups excluding carboxylic acids is 1. The lowest BCUT2D eigenvalue weighted by molar-refractivity contribution is -0.384. The number of thioether (sulfide) groups is 1. The Labute approximate surface area is 188 Å². The van der Waals surface area contributed by atoms with Gasteiger partial charge in [0.1, 0.15) is 10.9 Å². The molecule has 4 rings (SSSR count). The van der Waals surface area contributed by atoms with Gasteiger partial charge in [-0.05, 0) is 44.0 Å². The first-order chi connectivity index (χ1) is 15.3. The number of rotatable bonds is 6. The first-order valence-corrected chi connectivity index (χ1v) is 10.7. The zero-order valence-electron chi connectivity index (χ0n) is 17.6. The highest BCUT2D eigenvalue weighted by atomic mass is 32.2. The van der Waals surface area contributed by atoms with Crippen LogP contribution in [0.3, 0.4) is 0 Å². The van der Waals surface area contributed by atoms with E-state index < -0.39 is 16.1 Å². The molecule has 1 atom stereocenters. The van der Waals surface area contributed by atoms with Crippen LogP contribution in [0, 0.1) is 30.9 Å². The first-order valence-electron chi connectivity index (χ1n) is 9.80. The smallest absolute Gasteiger partial charge is 0.293 e. The van der Waals surface area contributed by atoms with E-state index in [0.717, 1.165) is 34.3 Å². The molecule has 0 saturated heterocycles. The molecule has 4 aromatic rings. The maximum atomic E-state index is 13.3. The van der Waals surface area contributed by atoms with Crippen molar-refractivity contribution in [1.29, 1.82) is 0 Å². The van der Waals surface area contributed by atoms with Crippen molar-refractivity contribution in [2.75, 3.05) is 5.32 Å². The van der Waals surface area contributed by atoms with Crippen molar-refractivity contribution < 1.29 is 9.72 Å². The van der Waals surface area contributed by atoms with Gasteiger partial charge in [0.15, 0.2) is 0 Å². The second kappa shape index (κ2) is 8.75. The van der Waals surface area contributed by atoms with Crippen LogP contribution in [0.4, 0.5) is 11.4 Å². The van der Waals surface area contributed by atoms with Crippen molar-refractivity contribution in [2.45, 2.75) is 31.2 Å². The number of aromatic nitrogens is 4. The number of carbonyl (C=O) groups is 1.